The first-order valence-electron chi connectivity index (χ1n) is 5.60. The molecule has 0 radical (unpaired) electrons. The summed E-state index contributed by atoms with van der Waals surface area (Å²) in [5.74, 6) is -0.497. The Kier molecular flexibility index (Phi) is 4.52. The average Bonchev–Trinajstić information content (AvgIpc) is 2.34. The maximum atomic E-state index is 11.2. The van der Waals surface area contributed by atoms with Crippen LogP contribution in [0, 0.1) is 5.41 Å². The molecule has 1 aromatic carbocycles. The predicted molar refractivity (Wildman–Crippen MR) is 71.3 cm³/mol. The van der Waals surface area contributed by atoms with Gasteiger partial charge in [-0.3, -0.25) is 4.79 Å². The molecule has 6 heteroatoms. The van der Waals surface area contributed by atoms with E-state index in [0.717, 1.165) is 0 Å². The summed E-state index contributed by atoms with van der Waals surface area (Å²) in [6.07, 6.45) is 0.106. The highest BCUT2D eigenvalue weighted by atomic mass is 35.5. The molecule has 106 valence electrons. The van der Waals surface area contributed by atoms with Crippen LogP contribution in [0.3, 0.4) is 0 Å². The van der Waals surface area contributed by atoms with Crippen LogP contribution in [-0.4, -0.2) is 30.4 Å². The molecule has 1 rings (SSSR count). The first-order valence-corrected chi connectivity index (χ1v) is 5.98. The van der Waals surface area contributed by atoms with Crippen LogP contribution in [-0.2, 0) is 11.2 Å². The van der Waals surface area contributed by atoms with Gasteiger partial charge in [0.15, 0.2) is 11.5 Å². The summed E-state index contributed by atoms with van der Waals surface area (Å²) in [6, 6.07) is 1.33. The zero-order chi connectivity index (χ0) is 14.8. The van der Waals surface area contributed by atoms with E-state index in [9.17, 15) is 15.0 Å². The van der Waals surface area contributed by atoms with Crippen molar-refractivity contribution in [3.63, 3.8) is 0 Å². The Morgan fingerprint density at radius 3 is 2.37 bits per heavy atom. The van der Waals surface area contributed by atoms with Crippen LogP contribution in [0.4, 0.5) is 0 Å². The van der Waals surface area contributed by atoms with Gasteiger partial charge in [-0.05, 0) is 20.3 Å². The lowest BCUT2D eigenvalue weighted by Crippen LogP contribution is -2.26. The van der Waals surface area contributed by atoms with Gasteiger partial charge in [-0.25, -0.2) is 0 Å². The fourth-order valence-electron chi connectivity index (χ4n) is 1.71. The van der Waals surface area contributed by atoms with Gasteiger partial charge in [0.1, 0.15) is 5.75 Å². The molecule has 0 heterocycles. The first-order chi connectivity index (χ1) is 8.74. The number of carbonyl (C=O) groups is 1. The van der Waals surface area contributed by atoms with E-state index in [1.165, 1.54) is 20.3 Å². The Morgan fingerprint density at radius 1 is 1.37 bits per heavy atom. The molecule has 0 bridgehead atoms. The van der Waals surface area contributed by atoms with Gasteiger partial charge in [0.2, 0.25) is 0 Å². The molecule has 0 fully saturated rings. The van der Waals surface area contributed by atoms with Crippen molar-refractivity contribution in [2.75, 3.05) is 14.2 Å². The normalized spacial score (nSPS) is 11.2. The van der Waals surface area contributed by atoms with Crippen molar-refractivity contribution in [3.8, 4) is 17.2 Å². The molecule has 5 nitrogen and oxygen atoms in total. The van der Waals surface area contributed by atoms with Crippen molar-refractivity contribution < 1.29 is 24.5 Å². The molecule has 0 spiro atoms. The second-order valence-electron chi connectivity index (χ2n) is 4.79. The predicted octanol–water partition coefficient (Wildman–Crippen LogP) is 2.72. The number of rotatable bonds is 5. The topological polar surface area (TPSA) is 76.0 Å². The smallest absolute Gasteiger partial charge is 0.309 e. The van der Waals surface area contributed by atoms with Gasteiger partial charge < -0.3 is 19.7 Å². The number of carboxylic acid groups (broad SMARTS) is 1. The van der Waals surface area contributed by atoms with Crippen molar-refractivity contribution in [3.05, 3.63) is 16.7 Å². The molecule has 0 saturated carbocycles. The summed E-state index contributed by atoms with van der Waals surface area (Å²) in [7, 11) is 2.86. The summed E-state index contributed by atoms with van der Waals surface area (Å²) in [5, 5.41) is 19.0. The van der Waals surface area contributed by atoms with E-state index in [2.05, 4.69) is 0 Å². The highest BCUT2D eigenvalue weighted by molar-refractivity contribution is 6.33. The van der Waals surface area contributed by atoms with Gasteiger partial charge in [0.05, 0.1) is 24.7 Å². The van der Waals surface area contributed by atoms with E-state index >= 15 is 0 Å². The Morgan fingerprint density at radius 2 is 1.95 bits per heavy atom. The Balaban J connectivity index is 3.40. The number of halogens is 1. The minimum atomic E-state index is -1.05. The van der Waals surface area contributed by atoms with Crippen LogP contribution in [0.1, 0.15) is 19.4 Å². The molecule has 0 aliphatic heterocycles. The number of aliphatic carboxylic acids is 1. The molecular weight excluding hydrogens is 272 g/mol. The number of ether oxygens (including phenoxy) is 2. The maximum Gasteiger partial charge on any atom is 0.309 e. The standard InChI is InChI=1S/C13H17ClO5/c1-13(2,12(16)17)6-7-10(14)8(15)5-9(18-3)11(7)19-4/h5,15H,6H2,1-4H3,(H,16,17). The number of hydrogen-bond acceptors (Lipinski definition) is 4. The number of aromatic hydroxyl groups is 1. The molecule has 19 heavy (non-hydrogen) atoms. The van der Waals surface area contributed by atoms with E-state index in [4.69, 9.17) is 21.1 Å². The van der Waals surface area contributed by atoms with Gasteiger partial charge in [0.25, 0.3) is 0 Å². The highest BCUT2D eigenvalue weighted by Gasteiger charge is 2.31. The number of methoxy groups -OCH3 is 2. The van der Waals surface area contributed by atoms with Gasteiger partial charge in [-0.1, -0.05) is 11.6 Å². The third kappa shape index (κ3) is 3.04. The van der Waals surface area contributed by atoms with E-state index in [-0.39, 0.29) is 17.2 Å². The quantitative estimate of drug-likeness (QED) is 0.871. The molecule has 1 aromatic rings. The summed E-state index contributed by atoms with van der Waals surface area (Å²) in [5.41, 5.74) is -0.635. The van der Waals surface area contributed by atoms with Gasteiger partial charge in [-0.2, -0.15) is 0 Å². The van der Waals surface area contributed by atoms with Crippen molar-refractivity contribution in [2.45, 2.75) is 20.3 Å². The van der Waals surface area contributed by atoms with Crippen molar-refractivity contribution in [1.82, 2.24) is 0 Å². The summed E-state index contributed by atoms with van der Waals surface area (Å²) in [6.45, 7) is 3.14. The summed E-state index contributed by atoms with van der Waals surface area (Å²) < 4.78 is 10.3. The lowest BCUT2D eigenvalue weighted by Gasteiger charge is -2.22. The van der Waals surface area contributed by atoms with Crippen LogP contribution >= 0.6 is 11.6 Å². The molecule has 0 amide bonds. The van der Waals surface area contributed by atoms with Crippen molar-refractivity contribution in [1.29, 1.82) is 0 Å². The monoisotopic (exact) mass is 288 g/mol. The number of hydrogen-bond donors (Lipinski definition) is 2. The fraction of sp³-hybridized carbons (Fsp3) is 0.462. The van der Waals surface area contributed by atoms with Crippen LogP contribution in [0.15, 0.2) is 6.07 Å². The summed E-state index contributed by atoms with van der Waals surface area (Å²) in [4.78, 5) is 11.2. The molecule has 2 N–H and O–H groups in total. The third-order valence-electron chi connectivity index (χ3n) is 2.88. The van der Waals surface area contributed by atoms with Crippen molar-refractivity contribution >= 4 is 17.6 Å². The number of phenols is 1. The Hall–Kier alpha value is -1.62. The van der Waals surface area contributed by atoms with Gasteiger partial charge >= 0.3 is 5.97 Å². The first kappa shape index (κ1) is 15.4. The number of phenolic OH excluding ortho intramolecular Hbond substituents is 1. The molecule has 0 aliphatic rings. The zero-order valence-corrected chi connectivity index (χ0v) is 12.0. The molecule has 0 unspecified atom stereocenters. The van der Waals surface area contributed by atoms with Crippen LogP contribution in [0.25, 0.3) is 0 Å². The van der Waals surface area contributed by atoms with Crippen LogP contribution in [0.5, 0.6) is 17.2 Å². The minimum absolute atomic E-state index is 0.0759. The lowest BCUT2D eigenvalue weighted by atomic mass is 9.85. The van der Waals surface area contributed by atoms with E-state index in [1.807, 2.05) is 0 Å². The third-order valence-corrected chi connectivity index (χ3v) is 3.30. The largest absolute Gasteiger partial charge is 0.506 e. The second-order valence-corrected chi connectivity index (χ2v) is 5.17. The van der Waals surface area contributed by atoms with Crippen LogP contribution < -0.4 is 9.47 Å². The van der Waals surface area contributed by atoms with Crippen molar-refractivity contribution in [2.24, 2.45) is 5.41 Å². The van der Waals surface area contributed by atoms with Gasteiger partial charge in [-0.15, -0.1) is 0 Å². The Labute approximate surface area is 116 Å². The molecule has 0 atom stereocenters. The lowest BCUT2D eigenvalue weighted by molar-refractivity contribution is -0.146. The van der Waals surface area contributed by atoms with Crippen LogP contribution in [0.2, 0.25) is 5.02 Å². The number of carboxylic acids is 1. The molecule has 0 aliphatic carbocycles. The van der Waals surface area contributed by atoms with E-state index in [0.29, 0.717) is 17.1 Å². The van der Waals surface area contributed by atoms with Gasteiger partial charge in [0, 0.05) is 11.6 Å². The Bertz CT molecular complexity index is 496. The minimum Gasteiger partial charge on any atom is -0.506 e. The fourth-order valence-corrected chi connectivity index (χ4v) is 1.91. The zero-order valence-electron chi connectivity index (χ0n) is 11.3. The number of benzene rings is 1. The SMILES string of the molecule is COc1cc(O)c(Cl)c(CC(C)(C)C(=O)O)c1OC. The van der Waals surface area contributed by atoms with E-state index in [1.54, 1.807) is 13.8 Å². The molecular formula is C13H17ClO5. The average molecular weight is 289 g/mol. The maximum absolute atomic E-state index is 11.2. The van der Waals surface area contributed by atoms with E-state index < -0.39 is 11.4 Å². The second kappa shape index (κ2) is 5.57. The highest BCUT2D eigenvalue weighted by Crippen LogP contribution is 2.44. The molecule has 0 aromatic heterocycles. The molecule has 0 saturated heterocycles. The summed E-state index contributed by atoms with van der Waals surface area (Å²) >= 11 is 6.04.